The Morgan fingerprint density at radius 1 is 1.56 bits per heavy atom. The standard InChI is InChI=1S/C12H22N2O2/c1-8(4-5-14(2)3)16-12(15)11-9-6-10(11)13-7-9/h8-11,13H,4-7H2,1-3H3. The average Bonchev–Trinajstić information content (AvgIpc) is 2.75. The number of ether oxygens (including phenoxy) is 1. The molecule has 2 heterocycles. The molecule has 1 N–H and O–H groups in total. The molecule has 0 radical (unpaired) electrons. The Bertz CT molecular complexity index is 254. The molecule has 0 spiro atoms. The maximum Gasteiger partial charge on any atom is 0.311 e. The van der Waals surface area contributed by atoms with Gasteiger partial charge in [0.2, 0.25) is 0 Å². The molecule has 16 heavy (non-hydrogen) atoms. The lowest BCUT2D eigenvalue weighted by Crippen LogP contribution is -2.44. The Hall–Kier alpha value is -0.610. The summed E-state index contributed by atoms with van der Waals surface area (Å²) in [6.07, 6.45) is 2.11. The molecule has 0 aromatic heterocycles. The molecule has 0 aromatic carbocycles. The first-order valence-corrected chi connectivity index (χ1v) is 6.16. The molecule has 0 aromatic rings. The number of carbonyl (C=O) groups excluding carboxylic acids is 1. The predicted molar refractivity (Wildman–Crippen MR) is 62.1 cm³/mol. The fraction of sp³-hybridized carbons (Fsp3) is 0.917. The summed E-state index contributed by atoms with van der Waals surface area (Å²) in [4.78, 5) is 14.0. The van der Waals surface area contributed by atoms with Crippen LogP contribution >= 0.6 is 0 Å². The van der Waals surface area contributed by atoms with E-state index in [1.807, 2.05) is 21.0 Å². The SMILES string of the molecule is CC(CCN(C)C)OC(=O)C1C2CNC1C2. The fourth-order valence-corrected chi connectivity index (χ4v) is 2.61. The fourth-order valence-electron chi connectivity index (χ4n) is 2.61. The maximum atomic E-state index is 11.9. The summed E-state index contributed by atoms with van der Waals surface area (Å²) in [6.45, 7) is 3.94. The quantitative estimate of drug-likeness (QED) is 0.692. The van der Waals surface area contributed by atoms with Crippen molar-refractivity contribution in [2.24, 2.45) is 11.8 Å². The van der Waals surface area contributed by atoms with Gasteiger partial charge in [-0.15, -0.1) is 0 Å². The smallest absolute Gasteiger partial charge is 0.311 e. The van der Waals surface area contributed by atoms with E-state index in [9.17, 15) is 4.79 Å². The van der Waals surface area contributed by atoms with E-state index in [0.717, 1.165) is 25.9 Å². The van der Waals surface area contributed by atoms with E-state index < -0.39 is 0 Å². The van der Waals surface area contributed by atoms with Gasteiger partial charge in [0.1, 0.15) is 6.10 Å². The molecule has 3 rings (SSSR count). The second-order valence-corrected chi connectivity index (χ2v) is 5.38. The van der Waals surface area contributed by atoms with Gasteiger partial charge in [-0.25, -0.2) is 0 Å². The highest BCUT2D eigenvalue weighted by molar-refractivity contribution is 5.75. The average molecular weight is 226 g/mol. The van der Waals surface area contributed by atoms with E-state index in [0.29, 0.717) is 12.0 Å². The van der Waals surface area contributed by atoms with Crippen molar-refractivity contribution in [1.29, 1.82) is 0 Å². The van der Waals surface area contributed by atoms with E-state index in [2.05, 4.69) is 10.2 Å². The first-order valence-electron chi connectivity index (χ1n) is 6.16. The van der Waals surface area contributed by atoms with Gasteiger partial charge in [0.15, 0.2) is 0 Å². The number of hydrogen-bond donors (Lipinski definition) is 1. The summed E-state index contributed by atoms with van der Waals surface area (Å²) in [5.41, 5.74) is 0. The van der Waals surface area contributed by atoms with Gasteiger partial charge in [-0.05, 0) is 46.3 Å². The molecule has 92 valence electrons. The van der Waals surface area contributed by atoms with Crippen LogP contribution in [0.1, 0.15) is 19.8 Å². The maximum absolute atomic E-state index is 11.9. The number of carbonyl (C=O) groups is 1. The van der Waals surface area contributed by atoms with Crippen molar-refractivity contribution in [3.8, 4) is 0 Å². The van der Waals surface area contributed by atoms with Crippen LogP contribution in [0.5, 0.6) is 0 Å². The molecule has 1 saturated carbocycles. The number of rotatable bonds is 5. The third-order valence-electron chi connectivity index (χ3n) is 3.71. The molecule has 3 fully saturated rings. The molecule has 4 heteroatoms. The van der Waals surface area contributed by atoms with Crippen LogP contribution in [-0.2, 0) is 9.53 Å². The van der Waals surface area contributed by atoms with Crippen molar-refractivity contribution in [2.75, 3.05) is 27.2 Å². The van der Waals surface area contributed by atoms with Crippen molar-refractivity contribution in [2.45, 2.75) is 31.9 Å². The lowest BCUT2D eigenvalue weighted by Gasteiger charge is -2.33. The topological polar surface area (TPSA) is 41.6 Å². The molecule has 4 unspecified atom stereocenters. The Morgan fingerprint density at radius 3 is 2.81 bits per heavy atom. The van der Waals surface area contributed by atoms with Crippen LogP contribution in [0.15, 0.2) is 0 Å². The van der Waals surface area contributed by atoms with Crippen molar-refractivity contribution in [3.05, 3.63) is 0 Å². The molecule has 2 bridgehead atoms. The predicted octanol–water partition coefficient (Wildman–Crippen LogP) is 0.478. The van der Waals surface area contributed by atoms with Gasteiger partial charge in [-0.1, -0.05) is 0 Å². The lowest BCUT2D eigenvalue weighted by atomic mass is 9.74. The van der Waals surface area contributed by atoms with Crippen molar-refractivity contribution in [1.82, 2.24) is 10.2 Å². The van der Waals surface area contributed by atoms with Gasteiger partial charge >= 0.3 is 5.97 Å². The minimum Gasteiger partial charge on any atom is -0.462 e. The highest BCUT2D eigenvalue weighted by Gasteiger charge is 2.51. The largest absolute Gasteiger partial charge is 0.462 e. The van der Waals surface area contributed by atoms with E-state index in [4.69, 9.17) is 4.74 Å². The Balaban J connectivity index is 1.71. The van der Waals surface area contributed by atoms with Crippen LogP contribution in [-0.4, -0.2) is 50.2 Å². The monoisotopic (exact) mass is 226 g/mol. The van der Waals surface area contributed by atoms with Crippen molar-refractivity contribution >= 4 is 5.97 Å². The molecular weight excluding hydrogens is 204 g/mol. The summed E-state index contributed by atoms with van der Waals surface area (Å²) in [5.74, 6) is 0.692. The van der Waals surface area contributed by atoms with Crippen LogP contribution in [0.25, 0.3) is 0 Å². The van der Waals surface area contributed by atoms with Gasteiger partial charge in [0, 0.05) is 12.6 Å². The molecule has 1 aliphatic carbocycles. The lowest BCUT2D eigenvalue weighted by molar-refractivity contribution is -0.158. The summed E-state index contributed by atoms with van der Waals surface area (Å²) >= 11 is 0. The highest BCUT2D eigenvalue weighted by atomic mass is 16.5. The summed E-state index contributed by atoms with van der Waals surface area (Å²) in [5, 5.41) is 3.34. The second kappa shape index (κ2) is 4.72. The zero-order chi connectivity index (χ0) is 11.7. The second-order valence-electron chi connectivity index (χ2n) is 5.38. The van der Waals surface area contributed by atoms with Crippen molar-refractivity contribution < 1.29 is 9.53 Å². The summed E-state index contributed by atoms with van der Waals surface area (Å²) < 4.78 is 5.48. The van der Waals surface area contributed by atoms with Crippen LogP contribution < -0.4 is 5.32 Å². The number of nitrogens with one attached hydrogen (secondary N) is 1. The molecular formula is C12H22N2O2. The van der Waals surface area contributed by atoms with Gasteiger partial charge < -0.3 is 15.0 Å². The Labute approximate surface area is 97.3 Å². The molecule has 2 aliphatic heterocycles. The summed E-state index contributed by atoms with van der Waals surface area (Å²) in [6, 6.07) is 0.401. The van der Waals surface area contributed by atoms with E-state index in [-0.39, 0.29) is 18.0 Å². The minimum atomic E-state index is 0.0116. The molecule has 4 nitrogen and oxygen atoms in total. The first-order chi connectivity index (χ1) is 7.58. The number of nitrogens with zero attached hydrogens (tertiary/aromatic N) is 1. The van der Waals surface area contributed by atoms with Crippen LogP contribution in [0.4, 0.5) is 0 Å². The van der Waals surface area contributed by atoms with Gasteiger partial charge in [0.05, 0.1) is 5.92 Å². The summed E-state index contributed by atoms with van der Waals surface area (Å²) in [7, 11) is 4.06. The van der Waals surface area contributed by atoms with E-state index in [1.54, 1.807) is 0 Å². The highest BCUT2D eigenvalue weighted by Crippen LogP contribution is 2.40. The van der Waals surface area contributed by atoms with Crippen molar-refractivity contribution in [3.63, 3.8) is 0 Å². The molecule has 2 saturated heterocycles. The number of esters is 1. The van der Waals surface area contributed by atoms with Crippen LogP contribution in [0, 0.1) is 11.8 Å². The van der Waals surface area contributed by atoms with Gasteiger partial charge in [-0.3, -0.25) is 4.79 Å². The molecule has 4 atom stereocenters. The zero-order valence-electron chi connectivity index (χ0n) is 10.4. The van der Waals surface area contributed by atoms with Gasteiger partial charge in [0.25, 0.3) is 0 Å². The molecule has 0 amide bonds. The Kier molecular flexibility index (Phi) is 3.50. The molecule has 3 aliphatic rings. The van der Waals surface area contributed by atoms with Crippen LogP contribution in [0.3, 0.4) is 0 Å². The van der Waals surface area contributed by atoms with Gasteiger partial charge in [-0.2, -0.15) is 0 Å². The van der Waals surface area contributed by atoms with E-state index in [1.165, 1.54) is 0 Å². The Morgan fingerprint density at radius 2 is 2.31 bits per heavy atom. The van der Waals surface area contributed by atoms with E-state index >= 15 is 0 Å². The zero-order valence-corrected chi connectivity index (χ0v) is 10.4. The number of fused-ring (bicyclic) bond motifs is 1. The van der Waals surface area contributed by atoms with Crippen LogP contribution in [0.2, 0.25) is 0 Å². The third kappa shape index (κ3) is 2.38. The normalized spacial score (nSPS) is 33.6. The third-order valence-corrected chi connectivity index (χ3v) is 3.71. The first kappa shape index (κ1) is 11.9. The number of hydrogen-bond acceptors (Lipinski definition) is 4. The minimum absolute atomic E-state index is 0.0116.